The van der Waals surface area contributed by atoms with Crippen LogP contribution in [0.5, 0.6) is 5.75 Å². The molecular weight excluding hydrogens is 374 g/mol. The van der Waals surface area contributed by atoms with Gasteiger partial charge in [-0.3, -0.25) is 4.90 Å². The Kier molecular flexibility index (Phi) is 6.61. The number of hydrogen-bond acceptors (Lipinski definition) is 7. The molecule has 2 aromatic rings. The largest absolute Gasteiger partial charge is 0.546 e. The SMILES string of the molecule is [O-][s+]1nc(NCCCOc2cccc(CN3CCCCC3)c2)c(NC2CC2)n1. The third kappa shape index (κ3) is 5.80. The first-order valence-electron chi connectivity index (χ1n) is 10.3. The molecule has 1 atom stereocenters. The van der Waals surface area contributed by atoms with Crippen LogP contribution in [0.3, 0.4) is 0 Å². The molecule has 1 aromatic heterocycles. The van der Waals surface area contributed by atoms with Crippen LogP contribution in [0.4, 0.5) is 11.6 Å². The quantitative estimate of drug-likeness (QED) is 0.463. The Morgan fingerprint density at radius 1 is 1.14 bits per heavy atom. The van der Waals surface area contributed by atoms with Crippen molar-refractivity contribution in [1.29, 1.82) is 0 Å². The van der Waals surface area contributed by atoms with E-state index in [1.54, 1.807) is 0 Å². The van der Waals surface area contributed by atoms with Crippen LogP contribution in [0.25, 0.3) is 0 Å². The zero-order valence-electron chi connectivity index (χ0n) is 16.2. The summed E-state index contributed by atoms with van der Waals surface area (Å²) in [6, 6.07) is 8.87. The number of anilines is 2. The van der Waals surface area contributed by atoms with Crippen molar-refractivity contribution in [3.8, 4) is 5.75 Å². The normalized spacial score (nSPS) is 18.1. The lowest BCUT2D eigenvalue weighted by Gasteiger charge is -2.26. The van der Waals surface area contributed by atoms with Gasteiger partial charge in [-0.05, 0) is 62.9 Å². The van der Waals surface area contributed by atoms with E-state index in [1.165, 1.54) is 37.9 Å². The second-order valence-corrected chi connectivity index (χ2v) is 8.47. The molecule has 4 rings (SSSR count). The molecule has 0 amide bonds. The standard InChI is InChI=1S/C20H29N5O2S/c26-28-23-19(20(24-28)22-17-8-9-17)21-10-5-13-27-18-7-4-6-16(14-18)15-25-11-2-1-3-12-25/h4,6-7,14,17H,1-3,5,8-13,15H2,(H,21,23)(H,22,24). The number of nitrogens with zero attached hydrogens (tertiary/aromatic N) is 3. The van der Waals surface area contributed by atoms with E-state index in [2.05, 4.69) is 42.5 Å². The maximum absolute atomic E-state index is 11.5. The first-order chi connectivity index (χ1) is 13.8. The summed E-state index contributed by atoms with van der Waals surface area (Å²) in [5.74, 6) is 2.16. The van der Waals surface area contributed by atoms with E-state index in [1.807, 2.05) is 6.07 Å². The number of aromatic nitrogens is 2. The molecule has 8 heteroatoms. The Hall–Kier alpha value is -1.90. The Labute approximate surface area is 169 Å². The van der Waals surface area contributed by atoms with E-state index in [-0.39, 0.29) is 0 Å². The van der Waals surface area contributed by atoms with E-state index in [4.69, 9.17) is 4.74 Å². The molecule has 0 spiro atoms. The highest BCUT2D eigenvalue weighted by Crippen LogP contribution is 2.29. The number of ether oxygens (including phenoxy) is 1. The Morgan fingerprint density at radius 2 is 1.96 bits per heavy atom. The molecular formula is C20H29N5O2S. The summed E-state index contributed by atoms with van der Waals surface area (Å²) >= 11 is -1.50. The number of rotatable bonds is 10. The lowest BCUT2D eigenvalue weighted by molar-refractivity contribution is 0.220. The fraction of sp³-hybridized carbons (Fsp3) is 0.600. The topological polar surface area (TPSA) is 85.4 Å². The van der Waals surface area contributed by atoms with Crippen LogP contribution < -0.4 is 15.4 Å². The van der Waals surface area contributed by atoms with Crippen LogP contribution in [0, 0.1) is 0 Å². The van der Waals surface area contributed by atoms with E-state index >= 15 is 0 Å². The minimum Gasteiger partial charge on any atom is -0.546 e. The van der Waals surface area contributed by atoms with Gasteiger partial charge in [0.2, 0.25) is 11.6 Å². The smallest absolute Gasteiger partial charge is 0.233 e. The van der Waals surface area contributed by atoms with Crippen molar-refractivity contribution in [2.24, 2.45) is 0 Å². The van der Waals surface area contributed by atoms with Crippen molar-refractivity contribution in [2.45, 2.75) is 51.1 Å². The van der Waals surface area contributed by atoms with Gasteiger partial charge in [-0.25, -0.2) is 0 Å². The summed E-state index contributed by atoms with van der Waals surface area (Å²) in [4.78, 5) is 2.52. The average molecular weight is 404 g/mol. The highest BCUT2D eigenvalue weighted by molar-refractivity contribution is 7.14. The van der Waals surface area contributed by atoms with Gasteiger partial charge in [-0.1, -0.05) is 18.6 Å². The van der Waals surface area contributed by atoms with Crippen LogP contribution in [0.1, 0.15) is 44.1 Å². The van der Waals surface area contributed by atoms with E-state index in [0.717, 1.165) is 31.6 Å². The van der Waals surface area contributed by atoms with Gasteiger partial charge in [-0.15, -0.1) is 0 Å². The number of hydrogen-bond donors (Lipinski definition) is 2. The monoisotopic (exact) mass is 403 g/mol. The summed E-state index contributed by atoms with van der Waals surface area (Å²) in [7, 11) is 0. The van der Waals surface area contributed by atoms with Crippen molar-refractivity contribution < 1.29 is 9.29 Å². The predicted octanol–water partition coefficient (Wildman–Crippen LogP) is 3.65. The highest BCUT2D eigenvalue weighted by atomic mass is 32.2. The Bertz CT molecular complexity index is 759. The Morgan fingerprint density at radius 3 is 2.79 bits per heavy atom. The molecule has 1 saturated carbocycles. The number of piperidine rings is 1. The lowest BCUT2D eigenvalue weighted by atomic mass is 10.1. The molecule has 1 saturated heterocycles. The predicted molar refractivity (Wildman–Crippen MR) is 112 cm³/mol. The van der Waals surface area contributed by atoms with Crippen molar-refractivity contribution in [2.75, 3.05) is 36.9 Å². The molecule has 0 bridgehead atoms. The van der Waals surface area contributed by atoms with Crippen LogP contribution in [-0.4, -0.2) is 50.5 Å². The summed E-state index contributed by atoms with van der Waals surface area (Å²) in [5.41, 5.74) is 1.31. The summed E-state index contributed by atoms with van der Waals surface area (Å²) in [5, 5.41) is 6.49. The van der Waals surface area contributed by atoms with Gasteiger partial charge < -0.3 is 19.9 Å². The van der Waals surface area contributed by atoms with E-state index in [9.17, 15) is 4.55 Å². The van der Waals surface area contributed by atoms with E-state index < -0.39 is 11.1 Å². The average Bonchev–Trinajstić information content (AvgIpc) is 3.44. The van der Waals surface area contributed by atoms with Gasteiger partial charge in [-0.2, -0.15) is 0 Å². The molecule has 1 unspecified atom stereocenters. The molecule has 2 heterocycles. The van der Waals surface area contributed by atoms with Crippen molar-refractivity contribution in [1.82, 2.24) is 13.6 Å². The first kappa shape index (κ1) is 19.4. The van der Waals surface area contributed by atoms with Crippen molar-refractivity contribution in [3.05, 3.63) is 29.8 Å². The van der Waals surface area contributed by atoms with E-state index in [0.29, 0.717) is 30.8 Å². The van der Waals surface area contributed by atoms with Crippen LogP contribution in [0.15, 0.2) is 24.3 Å². The molecule has 2 aliphatic rings. The zero-order chi connectivity index (χ0) is 19.2. The third-order valence-electron chi connectivity index (χ3n) is 5.12. The maximum Gasteiger partial charge on any atom is 0.233 e. The molecule has 1 aromatic carbocycles. The zero-order valence-corrected chi connectivity index (χ0v) is 17.0. The fourth-order valence-electron chi connectivity index (χ4n) is 3.47. The molecule has 152 valence electrons. The fourth-order valence-corrected chi connectivity index (χ4v) is 4.12. The van der Waals surface area contributed by atoms with Gasteiger partial charge in [0.15, 0.2) is 11.1 Å². The third-order valence-corrected chi connectivity index (χ3v) is 5.79. The first-order valence-corrected chi connectivity index (χ1v) is 11.4. The molecule has 2 fully saturated rings. The molecule has 0 radical (unpaired) electrons. The summed E-state index contributed by atoms with van der Waals surface area (Å²) < 4.78 is 25.5. The number of nitrogens with one attached hydrogen (secondary N) is 2. The second kappa shape index (κ2) is 9.54. The van der Waals surface area contributed by atoms with Crippen LogP contribution in [-0.2, 0) is 6.54 Å². The maximum atomic E-state index is 11.5. The second-order valence-electron chi connectivity index (χ2n) is 7.64. The number of benzene rings is 1. The van der Waals surface area contributed by atoms with Crippen LogP contribution >= 0.6 is 11.1 Å². The van der Waals surface area contributed by atoms with Gasteiger partial charge in [0.05, 0.1) is 6.61 Å². The highest BCUT2D eigenvalue weighted by Gasteiger charge is 2.26. The van der Waals surface area contributed by atoms with Gasteiger partial charge in [0.1, 0.15) is 5.75 Å². The van der Waals surface area contributed by atoms with Gasteiger partial charge in [0, 0.05) is 27.9 Å². The van der Waals surface area contributed by atoms with Gasteiger partial charge >= 0.3 is 0 Å². The van der Waals surface area contributed by atoms with Crippen molar-refractivity contribution >= 4 is 22.8 Å². The molecule has 1 aliphatic carbocycles. The summed E-state index contributed by atoms with van der Waals surface area (Å²) in [6.07, 6.45) is 7.10. The minimum atomic E-state index is -1.50. The molecule has 1 aliphatic heterocycles. The minimum absolute atomic E-state index is 0.460. The van der Waals surface area contributed by atoms with Gasteiger partial charge in [0.25, 0.3) is 0 Å². The van der Waals surface area contributed by atoms with Crippen LogP contribution in [0.2, 0.25) is 0 Å². The Balaban J connectivity index is 1.18. The lowest BCUT2D eigenvalue weighted by Crippen LogP contribution is -2.29. The number of likely N-dealkylation sites (tertiary alicyclic amines) is 1. The summed E-state index contributed by atoms with van der Waals surface area (Å²) in [6.45, 7) is 4.73. The molecule has 28 heavy (non-hydrogen) atoms. The molecule has 7 nitrogen and oxygen atoms in total. The van der Waals surface area contributed by atoms with Crippen molar-refractivity contribution in [3.63, 3.8) is 0 Å². The molecule has 2 N–H and O–H groups in total.